The number of nitrogens with one attached hydrogen (secondary N) is 1. The molecule has 1 heterocycles. The molecule has 0 radical (unpaired) electrons. The standard InChI is InChI=1S/C27H22BrNO4/c1-2-26(23(30)18-11-7-4-8-12-18)22-20-15-19(28)13-14-21(20)33-25(32)27(22,26)24(31)29-16-17-9-5-3-6-10-17/h3-15,22H,2,16H2,1H3,(H,29,31)/t22-,26-,27+/m1/s1. The lowest BCUT2D eigenvalue weighted by atomic mass is 9.82. The summed E-state index contributed by atoms with van der Waals surface area (Å²) in [5, 5.41) is 2.92. The van der Waals surface area contributed by atoms with Gasteiger partial charge in [-0.3, -0.25) is 14.4 Å². The lowest BCUT2D eigenvalue weighted by Gasteiger charge is -2.24. The van der Waals surface area contributed by atoms with Gasteiger partial charge in [0.1, 0.15) is 5.75 Å². The number of hydrogen-bond donors (Lipinski definition) is 1. The number of amides is 1. The summed E-state index contributed by atoms with van der Waals surface area (Å²) in [7, 11) is 0. The number of fused-ring (bicyclic) bond motifs is 3. The fraction of sp³-hybridized carbons (Fsp3) is 0.222. The van der Waals surface area contributed by atoms with Crippen LogP contribution < -0.4 is 10.1 Å². The van der Waals surface area contributed by atoms with Crippen LogP contribution in [0.4, 0.5) is 0 Å². The number of ether oxygens (including phenoxy) is 1. The van der Waals surface area contributed by atoms with Crippen LogP contribution in [0.25, 0.3) is 0 Å². The maximum absolute atomic E-state index is 14.0. The van der Waals surface area contributed by atoms with E-state index in [4.69, 9.17) is 4.74 Å². The van der Waals surface area contributed by atoms with Crippen LogP contribution >= 0.6 is 15.9 Å². The van der Waals surface area contributed by atoms with Gasteiger partial charge in [-0.15, -0.1) is 0 Å². The minimum Gasteiger partial charge on any atom is -0.425 e. The average Bonchev–Trinajstić information content (AvgIpc) is 3.50. The molecule has 1 amide bonds. The maximum Gasteiger partial charge on any atom is 0.328 e. The third-order valence-corrected chi connectivity index (χ3v) is 7.50. The zero-order valence-electron chi connectivity index (χ0n) is 18.0. The van der Waals surface area contributed by atoms with Crippen LogP contribution in [0.5, 0.6) is 5.75 Å². The van der Waals surface area contributed by atoms with E-state index < -0.39 is 28.6 Å². The fourth-order valence-corrected chi connectivity index (χ4v) is 5.87. The SMILES string of the molecule is CC[C@]1(C(=O)c2ccccc2)[C@H]2c3cc(Br)ccc3OC(=O)[C@@]21C(=O)NCc1ccccc1. The number of Topliss-reactive ketones (excluding diaryl/α,β-unsaturated/α-hetero) is 1. The maximum atomic E-state index is 14.0. The molecule has 166 valence electrons. The van der Waals surface area contributed by atoms with E-state index in [0.29, 0.717) is 23.3 Å². The Morgan fingerprint density at radius 3 is 2.33 bits per heavy atom. The summed E-state index contributed by atoms with van der Waals surface area (Å²) < 4.78 is 6.48. The van der Waals surface area contributed by atoms with Crippen molar-refractivity contribution >= 4 is 33.6 Å². The molecule has 33 heavy (non-hydrogen) atoms. The molecule has 1 aliphatic carbocycles. The van der Waals surface area contributed by atoms with Crippen LogP contribution in [0, 0.1) is 10.8 Å². The first kappa shape index (κ1) is 21.6. The summed E-state index contributed by atoms with van der Waals surface area (Å²) in [5.41, 5.74) is -0.753. The fourth-order valence-electron chi connectivity index (χ4n) is 5.50. The highest BCUT2D eigenvalue weighted by molar-refractivity contribution is 9.10. The van der Waals surface area contributed by atoms with E-state index in [0.717, 1.165) is 10.0 Å². The first-order valence-electron chi connectivity index (χ1n) is 10.9. The molecule has 1 fully saturated rings. The molecule has 3 aromatic carbocycles. The molecule has 1 aliphatic heterocycles. The lowest BCUT2D eigenvalue weighted by molar-refractivity contribution is -0.149. The number of benzene rings is 3. The Bertz CT molecular complexity index is 1260. The normalized spacial score (nSPS) is 24.8. The molecule has 1 N–H and O–H groups in total. The molecular weight excluding hydrogens is 482 g/mol. The number of carbonyl (C=O) groups excluding carboxylic acids is 3. The van der Waals surface area contributed by atoms with E-state index in [1.54, 1.807) is 36.4 Å². The van der Waals surface area contributed by atoms with Crippen LogP contribution in [0.1, 0.15) is 40.7 Å². The Hall–Kier alpha value is -3.25. The van der Waals surface area contributed by atoms with Crippen molar-refractivity contribution in [3.8, 4) is 5.75 Å². The van der Waals surface area contributed by atoms with Crippen LogP contribution in [0.15, 0.2) is 83.3 Å². The van der Waals surface area contributed by atoms with Gasteiger partial charge in [-0.05, 0) is 30.2 Å². The average molecular weight is 504 g/mol. The highest BCUT2D eigenvalue weighted by Crippen LogP contribution is 2.80. The van der Waals surface area contributed by atoms with E-state index in [2.05, 4.69) is 21.2 Å². The van der Waals surface area contributed by atoms with Gasteiger partial charge in [0.15, 0.2) is 11.2 Å². The quantitative estimate of drug-likeness (QED) is 0.221. The monoisotopic (exact) mass is 503 g/mol. The largest absolute Gasteiger partial charge is 0.425 e. The lowest BCUT2D eigenvalue weighted by Crippen LogP contribution is -2.45. The molecule has 0 saturated heterocycles. The molecule has 0 bridgehead atoms. The number of ketones is 1. The highest BCUT2D eigenvalue weighted by Gasteiger charge is 2.89. The van der Waals surface area contributed by atoms with Gasteiger partial charge in [-0.2, -0.15) is 0 Å². The van der Waals surface area contributed by atoms with Gasteiger partial charge in [0.05, 0.1) is 5.41 Å². The van der Waals surface area contributed by atoms with Crippen LogP contribution in [-0.2, 0) is 16.1 Å². The molecule has 0 unspecified atom stereocenters. The van der Waals surface area contributed by atoms with E-state index in [-0.39, 0.29) is 12.3 Å². The van der Waals surface area contributed by atoms with E-state index in [1.807, 2.05) is 49.4 Å². The molecule has 5 rings (SSSR count). The first-order valence-corrected chi connectivity index (χ1v) is 11.7. The third kappa shape index (κ3) is 3.00. The smallest absolute Gasteiger partial charge is 0.328 e. The van der Waals surface area contributed by atoms with E-state index >= 15 is 0 Å². The molecule has 0 aromatic heterocycles. The molecule has 3 aromatic rings. The van der Waals surface area contributed by atoms with Gasteiger partial charge < -0.3 is 10.1 Å². The third-order valence-electron chi connectivity index (χ3n) is 7.01. The molecular formula is C27H22BrNO4. The number of halogens is 1. The van der Waals surface area contributed by atoms with Crippen molar-refractivity contribution in [1.29, 1.82) is 0 Å². The van der Waals surface area contributed by atoms with Crippen molar-refractivity contribution in [2.24, 2.45) is 10.8 Å². The molecule has 6 heteroatoms. The Morgan fingerprint density at radius 1 is 1.00 bits per heavy atom. The van der Waals surface area contributed by atoms with Crippen molar-refractivity contribution in [2.75, 3.05) is 0 Å². The summed E-state index contributed by atoms with van der Waals surface area (Å²) in [5.74, 6) is -1.56. The van der Waals surface area contributed by atoms with Crippen molar-refractivity contribution in [3.63, 3.8) is 0 Å². The number of rotatable bonds is 6. The van der Waals surface area contributed by atoms with Crippen molar-refractivity contribution in [2.45, 2.75) is 25.8 Å². The predicted molar refractivity (Wildman–Crippen MR) is 127 cm³/mol. The second kappa shape index (κ2) is 7.96. The number of hydrogen-bond acceptors (Lipinski definition) is 4. The minimum absolute atomic E-state index is 0.213. The second-order valence-electron chi connectivity index (χ2n) is 8.50. The summed E-state index contributed by atoms with van der Waals surface area (Å²) in [6.45, 7) is 2.11. The van der Waals surface area contributed by atoms with Crippen LogP contribution in [0.2, 0.25) is 0 Å². The number of esters is 1. The predicted octanol–water partition coefficient (Wildman–Crippen LogP) is 5.05. The topological polar surface area (TPSA) is 72.5 Å². The molecule has 2 aliphatic rings. The van der Waals surface area contributed by atoms with E-state index in [9.17, 15) is 14.4 Å². The Balaban J connectivity index is 1.63. The van der Waals surface area contributed by atoms with Gasteiger partial charge in [0.2, 0.25) is 5.91 Å². The summed E-state index contributed by atoms with van der Waals surface area (Å²) in [6.07, 6.45) is 0.325. The van der Waals surface area contributed by atoms with Crippen LogP contribution in [0.3, 0.4) is 0 Å². The van der Waals surface area contributed by atoms with Gasteiger partial charge in [0.25, 0.3) is 0 Å². The zero-order chi connectivity index (χ0) is 23.2. The Labute approximate surface area is 200 Å². The van der Waals surface area contributed by atoms with Gasteiger partial charge in [-0.1, -0.05) is 83.5 Å². The minimum atomic E-state index is -1.61. The molecule has 0 spiro atoms. The van der Waals surface area contributed by atoms with Gasteiger partial charge in [-0.25, -0.2) is 0 Å². The zero-order valence-corrected chi connectivity index (χ0v) is 19.6. The number of carbonyl (C=O) groups is 3. The first-order chi connectivity index (χ1) is 16.0. The molecule has 1 saturated carbocycles. The van der Waals surface area contributed by atoms with Crippen molar-refractivity contribution < 1.29 is 19.1 Å². The van der Waals surface area contributed by atoms with E-state index in [1.165, 1.54) is 0 Å². The van der Waals surface area contributed by atoms with Gasteiger partial charge in [0, 0.05) is 28.1 Å². The van der Waals surface area contributed by atoms with Gasteiger partial charge >= 0.3 is 5.97 Å². The summed E-state index contributed by atoms with van der Waals surface area (Å²) in [6, 6.07) is 23.7. The van der Waals surface area contributed by atoms with Crippen molar-refractivity contribution in [1.82, 2.24) is 5.32 Å². The van der Waals surface area contributed by atoms with Crippen molar-refractivity contribution in [3.05, 3.63) is 100 Å². The molecule has 3 atom stereocenters. The summed E-state index contributed by atoms with van der Waals surface area (Å²) >= 11 is 3.48. The Kier molecular flexibility index (Phi) is 5.20. The Morgan fingerprint density at radius 2 is 1.67 bits per heavy atom. The van der Waals surface area contributed by atoms with Crippen LogP contribution in [-0.4, -0.2) is 17.7 Å². The summed E-state index contributed by atoms with van der Waals surface area (Å²) in [4.78, 5) is 41.2. The molecule has 5 nitrogen and oxygen atoms in total. The second-order valence-corrected chi connectivity index (χ2v) is 9.42. The highest BCUT2D eigenvalue weighted by atomic mass is 79.9.